The molecule has 0 aromatic heterocycles. The second-order valence-electron chi connectivity index (χ2n) is 4.71. The Morgan fingerprint density at radius 1 is 1.41 bits per heavy atom. The molecular formula is C15H15FN2O2S2. The maximum Gasteiger partial charge on any atom is 0.285 e. The first kappa shape index (κ1) is 16.6. The number of thioether (sulfide) groups is 1. The molecule has 2 rings (SSSR count). The summed E-state index contributed by atoms with van der Waals surface area (Å²) in [7, 11) is 0. The van der Waals surface area contributed by atoms with E-state index in [2.05, 4.69) is 5.43 Å². The standard InChI is InChI=1S/C15H15FN2O2S2/c1-2-3-4-13(19)17-18-14(20)12(22-15(18)21)9-10-5-7-11(16)8-6-10/h5-9H,2-4H2,1H3,(H,17,19)/b12-9+. The number of hydrogen-bond donors (Lipinski definition) is 1. The zero-order valence-corrected chi connectivity index (χ0v) is 13.6. The number of hydrogen-bond acceptors (Lipinski definition) is 4. The van der Waals surface area contributed by atoms with Gasteiger partial charge in [-0.3, -0.25) is 15.0 Å². The van der Waals surface area contributed by atoms with Crippen LogP contribution in [0.2, 0.25) is 0 Å². The van der Waals surface area contributed by atoms with Gasteiger partial charge in [0.1, 0.15) is 5.82 Å². The molecule has 1 aliphatic heterocycles. The highest BCUT2D eigenvalue weighted by Crippen LogP contribution is 2.31. The molecule has 7 heteroatoms. The molecule has 22 heavy (non-hydrogen) atoms. The minimum Gasteiger partial charge on any atom is -0.273 e. The molecule has 1 heterocycles. The Bertz CT molecular complexity index is 629. The van der Waals surface area contributed by atoms with Crippen molar-refractivity contribution in [1.82, 2.24) is 10.4 Å². The predicted molar refractivity (Wildman–Crippen MR) is 89.1 cm³/mol. The number of amides is 2. The average Bonchev–Trinajstić information content (AvgIpc) is 2.75. The average molecular weight is 338 g/mol. The van der Waals surface area contributed by atoms with Crippen LogP contribution in [-0.2, 0) is 9.59 Å². The Kier molecular flexibility index (Phi) is 5.68. The minimum atomic E-state index is -0.371. The van der Waals surface area contributed by atoms with Gasteiger partial charge in [0, 0.05) is 6.42 Å². The number of thiocarbonyl (C=S) groups is 1. The van der Waals surface area contributed by atoms with Crippen molar-refractivity contribution in [3.63, 3.8) is 0 Å². The summed E-state index contributed by atoms with van der Waals surface area (Å²) >= 11 is 6.22. The van der Waals surface area contributed by atoms with Crippen LogP contribution in [0.4, 0.5) is 4.39 Å². The monoisotopic (exact) mass is 338 g/mol. The molecule has 4 nitrogen and oxygen atoms in total. The van der Waals surface area contributed by atoms with E-state index in [9.17, 15) is 14.0 Å². The van der Waals surface area contributed by atoms with Gasteiger partial charge in [0.2, 0.25) is 5.91 Å². The number of rotatable bonds is 5. The number of carbonyl (C=O) groups is 2. The third-order valence-corrected chi connectivity index (χ3v) is 4.26. The van der Waals surface area contributed by atoms with Crippen LogP contribution in [0.1, 0.15) is 31.7 Å². The third-order valence-electron chi connectivity index (χ3n) is 2.96. The van der Waals surface area contributed by atoms with Crippen LogP contribution in [0.3, 0.4) is 0 Å². The molecule has 0 unspecified atom stereocenters. The number of carbonyl (C=O) groups excluding carboxylic acids is 2. The van der Waals surface area contributed by atoms with Gasteiger partial charge in [-0.15, -0.1) is 0 Å². The van der Waals surface area contributed by atoms with Crippen molar-refractivity contribution in [3.8, 4) is 0 Å². The van der Waals surface area contributed by atoms with Gasteiger partial charge in [-0.1, -0.05) is 37.2 Å². The topological polar surface area (TPSA) is 49.4 Å². The summed E-state index contributed by atoms with van der Waals surface area (Å²) in [6.45, 7) is 1.98. The van der Waals surface area contributed by atoms with Crippen molar-refractivity contribution in [2.75, 3.05) is 0 Å². The maximum atomic E-state index is 12.9. The number of nitrogens with zero attached hydrogens (tertiary/aromatic N) is 1. The number of hydrazine groups is 1. The van der Waals surface area contributed by atoms with Gasteiger partial charge in [0.05, 0.1) is 4.91 Å². The summed E-state index contributed by atoms with van der Waals surface area (Å²) in [5.74, 6) is -0.946. The normalized spacial score (nSPS) is 16.5. The van der Waals surface area contributed by atoms with E-state index in [-0.39, 0.29) is 22.0 Å². The van der Waals surface area contributed by atoms with E-state index in [4.69, 9.17) is 12.2 Å². The number of benzene rings is 1. The molecule has 116 valence electrons. The molecule has 1 saturated heterocycles. The smallest absolute Gasteiger partial charge is 0.273 e. The minimum absolute atomic E-state index is 0.235. The van der Waals surface area contributed by atoms with Gasteiger partial charge >= 0.3 is 0 Å². The van der Waals surface area contributed by atoms with Crippen molar-refractivity contribution in [1.29, 1.82) is 0 Å². The molecule has 2 amide bonds. The van der Waals surface area contributed by atoms with Crippen LogP contribution >= 0.6 is 24.0 Å². The van der Waals surface area contributed by atoms with E-state index in [0.717, 1.165) is 29.6 Å². The van der Waals surface area contributed by atoms with Gasteiger partial charge in [0.15, 0.2) is 4.32 Å². The number of nitrogens with one attached hydrogen (secondary N) is 1. The van der Waals surface area contributed by atoms with Crippen LogP contribution in [0.25, 0.3) is 6.08 Å². The molecule has 1 aromatic carbocycles. The maximum absolute atomic E-state index is 12.9. The van der Waals surface area contributed by atoms with Gasteiger partial charge in [0.25, 0.3) is 5.91 Å². The van der Waals surface area contributed by atoms with Crippen molar-refractivity contribution in [2.24, 2.45) is 0 Å². The van der Waals surface area contributed by atoms with Gasteiger partial charge in [-0.25, -0.2) is 4.39 Å². The quantitative estimate of drug-likeness (QED) is 0.661. The first-order chi connectivity index (χ1) is 10.5. The Balaban J connectivity index is 2.08. The number of halogens is 1. The fourth-order valence-corrected chi connectivity index (χ4v) is 2.97. The molecule has 0 saturated carbocycles. The van der Waals surface area contributed by atoms with Crippen molar-refractivity contribution in [3.05, 3.63) is 40.6 Å². The van der Waals surface area contributed by atoms with Crippen LogP contribution in [0.15, 0.2) is 29.2 Å². The summed E-state index contributed by atoms with van der Waals surface area (Å²) < 4.78 is 13.2. The van der Waals surface area contributed by atoms with E-state index >= 15 is 0 Å². The zero-order chi connectivity index (χ0) is 16.1. The molecule has 0 aliphatic carbocycles. The second kappa shape index (κ2) is 7.51. The summed E-state index contributed by atoms with van der Waals surface area (Å²) in [6, 6.07) is 5.78. The Labute approximate surface area is 137 Å². The molecule has 0 radical (unpaired) electrons. The molecule has 1 fully saturated rings. The lowest BCUT2D eigenvalue weighted by molar-refractivity contribution is -0.133. The summed E-state index contributed by atoms with van der Waals surface area (Å²) in [5, 5.41) is 1.09. The molecule has 0 atom stereocenters. The summed E-state index contributed by atoms with van der Waals surface area (Å²) in [5.41, 5.74) is 3.21. The highest BCUT2D eigenvalue weighted by molar-refractivity contribution is 8.26. The van der Waals surface area contributed by atoms with Crippen molar-refractivity contribution < 1.29 is 14.0 Å². The van der Waals surface area contributed by atoms with E-state index in [0.29, 0.717) is 16.9 Å². The zero-order valence-electron chi connectivity index (χ0n) is 12.0. The van der Waals surface area contributed by atoms with Gasteiger partial charge < -0.3 is 0 Å². The van der Waals surface area contributed by atoms with Crippen LogP contribution < -0.4 is 5.43 Å². The SMILES string of the molecule is CCCCC(=O)NN1C(=O)/C(=C\c2ccc(F)cc2)SC1=S. The largest absolute Gasteiger partial charge is 0.285 e. The predicted octanol–water partition coefficient (Wildman–Crippen LogP) is 3.25. The number of unbranched alkanes of at least 4 members (excludes halogenated alkanes) is 1. The molecule has 1 aromatic rings. The lowest BCUT2D eigenvalue weighted by atomic mass is 10.2. The molecule has 0 spiro atoms. The highest BCUT2D eigenvalue weighted by Gasteiger charge is 2.33. The second-order valence-corrected chi connectivity index (χ2v) is 6.38. The molecule has 1 N–H and O–H groups in total. The molecular weight excluding hydrogens is 323 g/mol. The van der Waals surface area contributed by atoms with Gasteiger partial charge in [-0.05, 0) is 42.4 Å². The first-order valence-electron chi connectivity index (χ1n) is 6.84. The Morgan fingerprint density at radius 2 is 2.09 bits per heavy atom. The van der Waals surface area contributed by atoms with Crippen molar-refractivity contribution >= 4 is 46.2 Å². The Morgan fingerprint density at radius 3 is 2.73 bits per heavy atom. The van der Waals surface area contributed by atoms with E-state index in [1.54, 1.807) is 18.2 Å². The van der Waals surface area contributed by atoms with E-state index < -0.39 is 0 Å². The summed E-state index contributed by atoms with van der Waals surface area (Å²) in [6.07, 6.45) is 3.63. The van der Waals surface area contributed by atoms with Crippen LogP contribution in [0, 0.1) is 5.82 Å². The Hall–Kier alpha value is -1.73. The van der Waals surface area contributed by atoms with Crippen LogP contribution in [0.5, 0.6) is 0 Å². The van der Waals surface area contributed by atoms with Gasteiger partial charge in [-0.2, -0.15) is 5.01 Å². The lowest BCUT2D eigenvalue weighted by Crippen LogP contribution is -2.44. The molecule has 0 bridgehead atoms. The van der Waals surface area contributed by atoms with E-state index in [1.165, 1.54) is 12.1 Å². The first-order valence-corrected chi connectivity index (χ1v) is 8.06. The highest BCUT2D eigenvalue weighted by atomic mass is 32.2. The lowest BCUT2D eigenvalue weighted by Gasteiger charge is -2.15. The van der Waals surface area contributed by atoms with Crippen molar-refractivity contribution in [2.45, 2.75) is 26.2 Å². The fraction of sp³-hybridized carbons (Fsp3) is 0.267. The molecule has 1 aliphatic rings. The van der Waals surface area contributed by atoms with Crippen LogP contribution in [-0.4, -0.2) is 21.1 Å². The third kappa shape index (κ3) is 4.14. The summed E-state index contributed by atoms with van der Waals surface area (Å²) in [4.78, 5) is 24.4. The fourth-order valence-electron chi connectivity index (χ4n) is 1.79. The van der Waals surface area contributed by atoms with E-state index in [1.807, 2.05) is 6.92 Å².